The number of carbonyl (C=O) groups is 1. The van der Waals surface area contributed by atoms with Gasteiger partial charge >= 0.3 is 6.09 Å². The van der Waals surface area contributed by atoms with Crippen LogP contribution in [0.5, 0.6) is 11.5 Å². The van der Waals surface area contributed by atoms with Crippen molar-refractivity contribution in [1.82, 2.24) is 9.42 Å². The predicted molar refractivity (Wildman–Crippen MR) is 113 cm³/mol. The molecule has 162 valence electrons. The highest BCUT2D eigenvalue weighted by Crippen LogP contribution is 2.43. The lowest BCUT2D eigenvalue weighted by atomic mass is 9.85. The van der Waals surface area contributed by atoms with Gasteiger partial charge in [-0.2, -0.15) is 9.42 Å². The molecule has 1 unspecified atom stereocenters. The van der Waals surface area contributed by atoms with Gasteiger partial charge in [-0.3, -0.25) is 0 Å². The molecule has 0 radical (unpaired) electrons. The minimum atomic E-state index is -1.13. The Labute approximate surface area is 179 Å². The minimum Gasteiger partial charge on any atom is -0.493 e. The third-order valence-corrected chi connectivity index (χ3v) is 6.16. The lowest BCUT2D eigenvalue weighted by Crippen LogP contribution is -2.50. The molecule has 1 atom stereocenters. The number of nitrogens with zero attached hydrogens (tertiary/aromatic N) is 2. The fraction of sp³-hybridized carbons (Fsp3) is 0.381. The molecule has 1 aliphatic heterocycles. The summed E-state index contributed by atoms with van der Waals surface area (Å²) < 4.78 is 12.0. The largest absolute Gasteiger partial charge is 0.493 e. The Kier molecular flexibility index (Phi) is 7.43. The van der Waals surface area contributed by atoms with E-state index in [4.69, 9.17) is 9.47 Å². The summed E-state index contributed by atoms with van der Waals surface area (Å²) in [4.78, 5) is 12.9. The van der Waals surface area contributed by atoms with Crippen LogP contribution in [0.1, 0.15) is 17.2 Å². The maximum Gasteiger partial charge on any atom is 0.432 e. The van der Waals surface area contributed by atoms with Crippen LogP contribution < -0.4 is 9.47 Å². The third kappa shape index (κ3) is 4.49. The van der Waals surface area contributed by atoms with E-state index in [1.807, 2.05) is 36.4 Å². The Bertz CT molecular complexity index is 862. The van der Waals surface area contributed by atoms with E-state index in [9.17, 15) is 20.1 Å². The van der Waals surface area contributed by atoms with Gasteiger partial charge < -0.3 is 24.8 Å². The molecule has 2 aromatic rings. The van der Waals surface area contributed by atoms with Crippen molar-refractivity contribution in [3.63, 3.8) is 0 Å². The average Bonchev–Trinajstić information content (AvgIpc) is 2.78. The van der Waals surface area contributed by atoms with Crippen molar-refractivity contribution in [3.05, 3.63) is 53.6 Å². The van der Waals surface area contributed by atoms with E-state index in [2.05, 4.69) is 0 Å². The molecular formula is C21H26N2O6S. The van der Waals surface area contributed by atoms with Gasteiger partial charge in [0.15, 0.2) is 11.5 Å². The van der Waals surface area contributed by atoms with Gasteiger partial charge in [0.25, 0.3) is 0 Å². The fourth-order valence-corrected chi connectivity index (χ4v) is 4.55. The van der Waals surface area contributed by atoms with Crippen LogP contribution in [0, 0.1) is 5.92 Å². The summed E-state index contributed by atoms with van der Waals surface area (Å²) in [5.74, 6) is 0.512. The molecule has 0 fully saturated rings. The highest BCUT2D eigenvalue weighted by Gasteiger charge is 2.39. The Balaban J connectivity index is 2.06. The van der Waals surface area contributed by atoms with Crippen molar-refractivity contribution >= 4 is 18.0 Å². The minimum absolute atomic E-state index is 0.297. The summed E-state index contributed by atoms with van der Waals surface area (Å²) >= 11 is 1.08. The molecule has 0 saturated heterocycles. The van der Waals surface area contributed by atoms with Crippen molar-refractivity contribution in [3.8, 4) is 11.5 Å². The lowest BCUT2D eigenvalue weighted by Gasteiger charge is -2.44. The standard InChI is InChI=1S/C21H26N2O6S/c1-28-18-10-14-8-9-22(23(21(26)27)30-16-6-4-3-5-7-16)20(15(12-24)13-25)17(14)11-19(18)29-2/h3-7,10-11,15,20,24-25H,8-9,12-13H2,1-2H3,(H,26,27). The van der Waals surface area contributed by atoms with Crippen LogP contribution in [0.25, 0.3) is 0 Å². The zero-order chi connectivity index (χ0) is 21.7. The second-order valence-corrected chi connectivity index (χ2v) is 7.85. The monoisotopic (exact) mass is 434 g/mol. The zero-order valence-electron chi connectivity index (χ0n) is 16.9. The number of ether oxygens (including phenoxy) is 2. The number of hydrogen-bond acceptors (Lipinski definition) is 7. The maximum atomic E-state index is 12.2. The Morgan fingerprint density at radius 3 is 2.37 bits per heavy atom. The quantitative estimate of drug-likeness (QED) is 0.545. The van der Waals surface area contributed by atoms with E-state index >= 15 is 0 Å². The molecule has 9 heteroatoms. The number of rotatable bonds is 8. The highest BCUT2D eigenvalue weighted by molar-refractivity contribution is 7.97. The van der Waals surface area contributed by atoms with Crippen LogP contribution in [0.2, 0.25) is 0 Å². The van der Waals surface area contributed by atoms with E-state index in [1.165, 1.54) is 11.5 Å². The van der Waals surface area contributed by atoms with Gasteiger partial charge in [0, 0.05) is 42.5 Å². The van der Waals surface area contributed by atoms with Gasteiger partial charge in [-0.25, -0.2) is 4.79 Å². The number of carboxylic acid groups (broad SMARTS) is 1. The number of aliphatic hydroxyl groups excluding tert-OH is 2. The summed E-state index contributed by atoms with van der Waals surface area (Å²) in [7, 11) is 3.09. The van der Waals surface area contributed by atoms with E-state index < -0.39 is 18.1 Å². The molecule has 1 aliphatic rings. The molecule has 0 saturated carbocycles. The lowest BCUT2D eigenvalue weighted by molar-refractivity contribution is -0.0288. The number of hydrazine groups is 1. The number of fused-ring (bicyclic) bond motifs is 1. The predicted octanol–water partition coefficient (Wildman–Crippen LogP) is 2.81. The number of aliphatic hydroxyl groups is 2. The van der Waals surface area contributed by atoms with Crippen LogP contribution in [-0.2, 0) is 6.42 Å². The molecule has 0 aromatic heterocycles. The molecule has 0 aliphatic carbocycles. The van der Waals surface area contributed by atoms with Crippen molar-refractivity contribution in [2.75, 3.05) is 34.0 Å². The summed E-state index contributed by atoms with van der Waals surface area (Å²) in [6.45, 7) is -0.195. The Morgan fingerprint density at radius 1 is 1.17 bits per heavy atom. The molecule has 0 bridgehead atoms. The van der Waals surface area contributed by atoms with Crippen LogP contribution in [-0.4, -0.2) is 64.8 Å². The van der Waals surface area contributed by atoms with Gasteiger partial charge in [-0.1, -0.05) is 18.2 Å². The molecule has 8 nitrogen and oxygen atoms in total. The van der Waals surface area contributed by atoms with Crippen molar-refractivity contribution in [1.29, 1.82) is 0 Å². The van der Waals surface area contributed by atoms with E-state index in [1.54, 1.807) is 18.2 Å². The normalized spacial score (nSPS) is 16.2. The molecule has 30 heavy (non-hydrogen) atoms. The molecule has 0 spiro atoms. The molecule has 3 N–H and O–H groups in total. The second-order valence-electron chi connectivity index (χ2n) is 6.85. The van der Waals surface area contributed by atoms with Crippen LogP contribution in [0.3, 0.4) is 0 Å². The third-order valence-electron chi connectivity index (χ3n) is 5.14. The second kappa shape index (κ2) is 10.0. The van der Waals surface area contributed by atoms with Crippen LogP contribution >= 0.6 is 11.9 Å². The first-order valence-electron chi connectivity index (χ1n) is 9.53. The molecule has 1 amide bonds. The van der Waals surface area contributed by atoms with Crippen molar-refractivity contribution in [2.24, 2.45) is 5.92 Å². The zero-order valence-corrected chi connectivity index (χ0v) is 17.7. The van der Waals surface area contributed by atoms with Gasteiger partial charge in [-0.15, -0.1) is 0 Å². The van der Waals surface area contributed by atoms with E-state index in [-0.39, 0.29) is 13.2 Å². The fourth-order valence-electron chi connectivity index (χ4n) is 3.70. The Morgan fingerprint density at radius 2 is 1.80 bits per heavy atom. The molecule has 1 heterocycles. The van der Waals surface area contributed by atoms with E-state index in [0.717, 1.165) is 28.0 Å². The highest BCUT2D eigenvalue weighted by atomic mass is 32.2. The first kappa shape index (κ1) is 22.2. The number of methoxy groups -OCH3 is 2. The SMILES string of the molecule is COc1cc2c(cc1OC)C(C(CO)CO)N(N(Sc1ccccc1)C(=O)O)CC2. The number of amides is 1. The average molecular weight is 435 g/mol. The number of benzene rings is 2. The first-order chi connectivity index (χ1) is 14.5. The molecule has 2 aromatic carbocycles. The van der Waals surface area contributed by atoms with Gasteiger partial charge in [0.05, 0.1) is 20.3 Å². The smallest absolute Gasteiger partial charge is 0.432 e. The summed E-state index contributed by atoms with van der Waals surface area (Å²) in [6.07, 6.45) is -0.554. The summed E-state index contributed by atoms with van der Waals surface area (Å²) in [5, 5.41) is 31.5. The van der Waals surface area contributed by atoms with Crippen molar-refractivity contribution < 1.29 is 29.6 Å². The summed E-state index contributed by atoms with van der Waals surface area (Å²) in [6, 6.07) is 12.3. The number of hydrogen-bond donors (Lipinski definition) is 3. The van der Waals surface area contributed by atoms with Gasteiger partial charge in [0.1, 0.15) is 0 Å². The van der Waals surface area contributed by atoms with Gasteiger partial charge in [0.2, 0.25) is 0 Å². The maximum absolute atomic E-state index is 12.2. The first-order valence-corrected chi connectivity index (χ1v) is 10.3. The van der Waals surface area contributed by atoms with E-state index in [0.29, 0.717) is 24.5 Å². The topological polar surface area (TPSA) is 103 Å². The van der Waals surface area contributed by atoms with Crippen LogP contribution in [0.4, 0.5) is 4.79 Å². The molecular weight excluding hydrogens is 408 g/mol. The molecule has 3 rings (SSSR count). The Hall–Kier alpha value is -2.46. The summed E-state index contributed by atoms with van der Waals surface area (Å²) in [5.41, 5.74) is 1.77. The van der Waals surface area contributed by atoms with Gasteiger partial charge in [-0.05, 0) is 41.8 Å². The van der Waals surface area contributed by atoms with Crippen LogP contribution in [0.15, 0.2) is 47.4 Å². The van der Waals surface area contributed by atoms with Crippen molar-refractivity contribution in [2.45, 2.75) is 17.4 Å².